The first kappa shape index (κ1) is 39.7. The molecule has 0 unspecified atom stereocenters. The van der Waals surface area contributed by atoms with Crippen molar-refractivity contribution in [3.8, 4) is 11.6 Å². The Morgan fingerprint density at radius 2 is 1.60 bits per heavy atom. The number of primary amides is 1. The minimum atomic E-state index is -1.43. The fraction of sp³-hybridized carbons (Fsp3) is 0.588. The zero-order valence-corrected chi connectivity index (χ0v) is 29.6. The zero-order chi connectivity index (χ0) is 37.0. The Morgan fingerprint density at radius 1 is 0.940 bits per heavy atom. The first-order chi connectivity index (χ1) is 23.7. The van der Waals surface area contributed by atoms with Crippen LogP contribution in [0.1, 0.15) is 82.7 Å². The van der Waals surface area contributed by atoms with Gasteiger partial charge in [-0.15, -0.1) is 5.10 Å². The number of benzene rings is 1. The average molecular weight is 705 g/mol. The van der Waals surface area contributed by atoms with Crippen LogP contribution in [-0.2, 0) is 54.1 Å². The summed E-state index contributed by atoms with van der Waals surface area (Å²) in [5, 5.41) is 10.6. The molecule has 16 heteroatoms. The van der Waals surface area contributed by atoms with Gasteiger partial charge in [-0.1, -0.05) is 19.9 Å². The average Bonchev–Trinajstić information content (AvgIpc) is 3.41. The first-order valence-corrected chi connectivity index (χ1v) is 16.4. The number of H-pyrrole nitrogens is 1. The fourth-order valence-electron chi connectivity index (χ4n) is 5.37. The van der Waals surface area contributed by atoms with Crippen molar-refractivity contribution in [1.82, 2.24) is 15.5 Å². The number of aromatic amines is 1. The number of aromatic nitrogens is 2. The minimum Gasteiger partial charge on any atom is -0.494 e. The molecule has 0 saturated carbocycles. The number of nitrogens with zero attached hydrogens (tertiary/aromatic N) is 1. The number of hydrogen-bond acceptors (Lipinski definition) is 14. The summed E-state index contributed by atoms with van der Waals surface area (Å²) in [5.74, 6) is -2.36. The Hall–Kier alpha value is -4.70. The monoisotopic (exact) mass is 704 g/mol. The molecule has 2 aromatic rings. The van der Waals surface area contributed by atoms with E-state index in [0.717, 1.165) is 44.0 Å². The second-order valence-electron chi connectivity index (χ2n) is 12.2. The van der Waals surface area contributed by atoms with Crippen molar-refractivity contribution in [3.05, 3.63) is 40.6 Å². The summed E-state index contributed by atoms with van der Waals surface area (Å²) in [6.07, 6.45) is -5.29. The van der Waals surface area contributed by atoms with Gasteiger partial charge in [0, 0.05) is 58.3 Å². The van der Waals surface area contributed by atoms with Crippen LogP contribution in [0.4, 0.5) is 0 Å². The van der Waals surface area contributed by atoms with Gasteiger partial charge in [0.05, 0.1) is 6.61 Å². The number of nitrogens with one attached hydrogen (secondary N) is 2. The van der Waals surface area contributed by atoms with E-state index in [0.29, 0.717) is 37.4 Å². The molecule has 0 spiro atoms. The van der Waals surface area contributed by atoms with E-state index in [1.807, 2.05) is 39.0 Å². The molecule has 1 saturated heterocycles. The summed E-state index contributed by atoms with van der Waals surface area (Å²) in [6.45, 7) is 11.9. The van der Waals surface area contributed by atoms with Crippen LogP contribution in [0.25, 0.3) is 0 Å². The van der Waals surface area contributed by atoms with E-state index in [2.05, 4.69) is 15.5 Å². The second kappa shape index (κ2) is 18.9. The van der Waals surface area contributed by atoms with E-state index in [9.17, 15) is 24.0 Å². The molecule has 4 N–H and O–H groups in total. The van der Waals surface area contributed by atoms with Gasteiger partial charge in [0.2, 0.25) is 24.2 Å². The Bertz CT molecular complexity index is 1490. The summed E-state index contributed by atoms with van der Waals surface area (Å²) in [4.78, 5) is 59.1. The van der Waals surface area contributed by atoms with E-state index in [4.69, 9.17) is 38.9 Å². The van der Waals surface area contributed by atoms with Crippen LogP contribution in [0.2, 0.25) is 0 Å². The van der Waals surface area contributed by atoms with Gasteiger partial charge in [0.15, 0.2) is 12.2 Å². The minimum absolute atomic E-state index is 0.00439. The topological polar surface area (TPSA) is 217 Å². The van der Waals surface area contributed by atoms with Crippen molar-refractivity contribution in [3.63, 3.8) is 0 Å². The molecule has 1 aliphatic heterocycles. The maximum Gasteiger partial charge on any atom is 0.303 e. The van der Waals surface area contributed by atoms with Crippen molar-refractivity contribution in [2.24, 2.45) is 5.73 Å². The number of nitrogens with two attached hydrogens (primary N) is 1. The lowest BCUT2D eigenvalue weighted by molar-refractivity contribution is -0.289. The largest absolute Gasteiger partial charge is 0.494 e. The predicted molar refractivity (Wildman–Crippen MR) is 176 cm³/mol. The SMILES string of the molecule is CC(=O)OC[C@H]1O[C@@H](Oc2n[nH]c(C(C)C)c2Cc2ccc(OCCCNCCC(N)=O)cc2C)[C@H](OC(C)=O)[C@@H](OC(C)=O)[C@H]1OC(C)=O. The van der Waals surface area contributed by atoms with Crippen LogP contribution in [0, 0.1) is 6.92 Å². The van der Waals surface area contributed by atoms with Gasteiger partial charge in [0.25, 0.3) is 0 Å². The lowest BCUT2D eigenvalue weighted by Gasteiger charge is -2.43. The normalized spacial score (nSPS) is 20.1. The second-order valence-corrected chi connectivity index (χ2v) is 12.2. The summed E-state index contributed by atoms with van der Waals surface area (Å²) in [6, 6.07) is 5.76. The third kappa shape index (κ3) is 12.0. The molecule has 1 amide bonds. The number of amides is 1. The molecule has 3 rings (SSSR count). The Morgan fingerprint density at radius 3 is 2.20 bits per heavy atom. The van der Waals surface area contributed by atoms with Crippen molar-refractivity contribution in [2.45, 2.75) is 104 Å². The Balaban J connectivity index is 1.88. The van der Waals surface area contributed by atoms with Gasteiger partial charge in [-0.25, -0.2) is 0 Å². The van der Waals surface area contributed by atoms with Crippen molar-refractivity contribution in [1.29, 1.82) is 0 Å². The molecular formula is C34H48N4O12. The van der Waals surface area contributed by atoms with E-state index in [1.165, 1.54) is 6.92 Å². The predicted octanol–water partition coefficient (Wildman–Crippen LogP) is 2.13. The molecule has 2 heterocycles. The highest BCUT2D eigenvalue weighted by molar-refractivity contribution is 5.73. The number of ether oxygens (including phenoxy) is 7. The van der Waals surface area contributed by atoms with Gasteiger partial charge in [-0.2, -0.15) is 0 Å². The van der Waals surface area contributed by atoms with Crippen LogP contribution in [0.5, 0.6) is 11.6 Å². The van der Waals surface area contributed by atoms with Crippen molar-refractivity contribution < 1.29 is 57.1 Å². The third-order valence-electron chi connectivity index (χ3n) is 7.61. The lowest BCUT2D eigenvalue weighted by atomic mass is 9.96. The lowest BCUT2D eigenvalue weighted by Crippen LogP contribution is -2.63. The summed E-state index contributed by atoms with van der Waals surface area (Å²) < 4.78 is 40.0. The molecule has 1 aromatic heterocycles. The molecule has 1 aliphatic rings. The number of rotatable bonds is 18. The standard InChI is InChI=1S/C34H48N4O12/c1-18(2)29-26(16-24-9-10-25(15-19(24)3)44-14-8-12-36-13-11-28(35)43)33(38-37-29)50-34-32(48-23(7)42)31(47-22(6)41)30(46-21(5)40)27(49-34)17-45-20(4)39/h9-10,15,18,27,30-32,34,36H,8,11-14,16-17H2,1-7H3,(H2,35,43)(H,37,38)/t27-,30+,31+,32-,34+/m1/s1. The highest BCUT2D eigenvalue weighted by Gasteiger charge is 2.53. The Kier molecular flexibility index (Phi) is 15.0. The number of aryl methyl sites for hydroxylation is 1. The van der Waals surface area contributed by atoms with Gasteiger partial charge in [-0.3, -0.25) is 29.1 Å². The Labute approximate surface area is 290 Å². The van der Waals surface area contributed by atoms with Crippen LogP contribution in [0.3, 0.4) is 0 Å². The molecule has 276 valence electrons. The van der Waals surface area contributed by atoms with Gasteiger partial charge < -0.3 is 44.2 Å². The maximum absolute atomic E-state index is 12.3. The van der Waals surface area contributed by atoms with E-state index in [-0.39, 0.29) is 30.7 Å². The number of esters is 4. The first-order valence-electron chi connectivity index (χ1n) is 16.4. The highest BCUT2D eigenvalue weighted by Crippen LogP contribution is 2.34. The molecular weight excluding hydrogens is 656 g/mol. The smallest absolute Gasteiger partial charge is 0.303 e. The molecule has 50 heavy (non-hydrogen) atoms. The van der Waals surface area contributed by atoms with Crippen LogP contribution < -0.4 is 20.5 Å². The fourth-order valence-corrected chi connectivity index (χ4v) is 5.37. The number of hydrogen-bond donors (Lipinski definition) is 3. The number of carbonyl (C=O) groups excluding carboxylic acids is 5. The molecule has 1 aromatic carbocycles. The quantitative estimate of drug-likeness (QED) is 0.115. The van der Waals surface area contributed by atoms with Crippen LogP contribution in [0.15, 0.2) is 18.2 Å². The van der Waals surface area contributed by atoms with Gasteiger partial charge in [-0.05, 0) is 49.1 Å². The van der Waals surface area contributed by atoms with Gasteiger partial charge in [0.1, 0.15) is 18.5 Å². The van der Waals surface area contributed by atoms with Crippen LogP contribution >= 0.6 is 0 Å². The summed E-state index contributed by atoms with van der Waals surface area (Å²) in [7, 11) is 0. The summed E-state index contributed by atoms with van der Waals surface area (Å²) in [5.41, 5.74) is 8.55. The molecule has 0 aliphatic carbocycles. The summed E-state index contributed by atoms with van der Waals surface area (Å²) >= 11 is 0. The maximum atomic E-state index is 12.3. The van der Waals surface area contributed by atoms with E-state index < -0.39 is 54.6 Å². The third-order valence-corrected chi connectivity index (χ3v) is 7.61. The van der Waals surface area contributed by atoms with Crippen LogP contribution in [-0.4, -0.2) is 97.0 Å². The molecule has 1 fully saturated rings. The van der Waals surface area contributed by atoms with Crippen molar-refractivity contribution >= 4 is 29.8 Å². The molecule has 0 radical (unpaired) electrons. The van der Waals surface area contributed by atoms with E-state index in [1.54, 1.807) is 0 Å². The molecule has 16 nitrogen and oxygen atoms in total. The van der Waals surface area contributed by atoms with Gasteiger partial charge >= 0.3 is 23.9 Å². The van der Waals surface area contributed by atoms with E-state index >= 15 is 0 Å². The molecule has 0 bridgehead atoms. The number of carbonyl (C=O) groups is 5. The zero-order valence-electron chi connectivity index (χ0n) is 29.6. The van der Waals surface area contributed by atoms with Crippen molar-refractivity contribution in [2.75, 3.05) is 26.3 Å². The highest BCUT2D eigenvalue weighted by atomic mass is 16.7. The molecule has 5 atom stereocenters.